The first-order valence-corrected chi connectivity index (χ1v) is 18.1. The van der Waals surface area contributed by atoms with Gasteiger partial charge in [0.25, 0.3) is 0 Å². The van der Waals surface area contributed by atoms with Crippen molar-refractivity contribution in [2.45, 2.75) is 116 Å². The van der Waals surface area contributed by atoms with E-state index in [-0.39, 0.29) is 12.2 Å². The van der Waals surface area contributed by atoms with Crippen molar-refractivity contribution in [1.82, 2.24) is 0 Å². The van der Waals surface area contributed by atoms with E-state index in [4.69, 9.17) is 4.74 Å². The molecule has 0 bridgehead atoms. The first-order valence-electron chi connectivity index (χ1n) is 10.4. The van der Waals surface area contributed by atoms with Gasteiger partial charge in [0.05, 0.1) is 0 Å². The molecule has 0 amide bonds. The van der Waals surface area contributed by atoms with E-state index < -0.39 is 18.4 Å². The average Bonchev–Trinajstić information content (AvgIpc) is 2.53. The van der Waals surface area contributed by atoms with Gasteiger partial charge in [0.2, 0.25) is 0 Å². The summed E-state index contributed by atoms with van der Waals surface area (Å²) in [6.07, 6.45) is 13.1. The van der Waals surface area contributed by atoms with E-state index >= 15 is 0 Å². The van der Waals surface area contributed by atoms with Crippen LogP contribution in [0.5, 0.6) is 0 Å². The summed E-state index contributed by atoms with van der Waals surface area (Å²) >= 11 is -2.16. The molecule has 0 aromatic carbocycles. The first-order chi connectivity index (χ1) is 11.4. The van der Waals surface area contributed by atoms with Crippen molar-refractivity contribution in [3.63, 3.8) is 0 Å². The fraction of sp³-hybridized carbons (Fsp3) is 0.905. The Morgan fingerprint density at radius 2 is 1.33 bits per heavy atom. The SMILES string of the molecule is CCC[CH2][Sn]([CH2]CCC)([CH2]CCC)[CH](C)/C=C/O[C@H](C)C[C@@H](C)O. The predicted octanol–water partition coefficient (Wildman–Crippen LogP) is 6.92. The van der Waals surface area contributed by atoms with E-state index in [1.54, 1.807) is 13.3 Å². The second-order valence-corrected chi connectivity index (χ2v) is 22.5. The zero-order chi connectivity index (χ0) is 18.4. The van der Waals surface area contributed by atoms with Crippen LogP contribution in [0.2, 0.25) is 17.2 Å². The molecule has 2 nitrogen and oxygen atoms in total. The van der Waals surface area contributed by atoms with Crippen LogP contribution in [0.25, 0.3) is 0 Å². The molecular formula is C21H44O2Sn. The zero-order valence-corrected chi connectivity index (χ0v) is 20.2. The number of aliphatic hydroxyl groups is 1. The minimum atomic E-state index is -2.16. The molecule has 1 N–H and O–H groups in total. The summed E-state index contributed by atoms with van der Waals surface area (Å²) in [6.45, 7) is 13.3. The van der Waals surface area contributed by atoms with Gasteiger partial charge in [0, 0.05) is 0 Å². The van der Waals surface area contributed by atoms with E-state index in [0.29, 0.717) is 6.42 Å². The molecule has 0 radical (unpaired) electrons. The van der Waals surface area contributed by atoms with Gasteiger partial charge < -0.3 is 0 Å². The molecule has 24 heavy (non-hydrogen) atoms. The van der Waals surface area contributed by atoms with Crippen LogP contribution in [0, 0.1) is 0 Å². The molecule has 0 aliphatic heterocycles. The van der Waals surface area contributed by atoms with Crippen LogP contribution in [-0.4, -0.2) is 35.7 Å². The van der Waals surface area contributed by atoms with Crippen LogP contribution in [0.15, 0.2) is 12.3 Å². The summed E-state index contributed by atoms with van der Waals surface area (Å²) in [5.74, 6) is 0. The number of rotatable bonds is 15. The third kappa shape index (κ3) is 10.3. The first kappa shape index (κ1) is 24.3. The summed E-state index contributed by atoms with van der Waals surface area (Å²) in [7, 11) is 0. The summed E-state index contributed by atoms with van der Waals surface area (Å²) in [5, 5.41) is 9.46. The van der Waals surface area contributed by atoms with Crippen molar-refractivity contribution >= 4 is 18.4 Å². The van der Waals surface area contributed by atoms with Gasteiger partial charge in [-0.1, -0.05) is 0 Å². The third-order valence-electron chi connectivity index (χ3n) is 5.40. The molecule has 0 spiro atoms. The molecular weight excluding hydrogens is 403 g/mol. The van der Waals surface area contributed by atoms with Crippen LogP contribution < -0.4 is 0 Å². The predicted molar refractivity (Wildman–Crippen MR) is 110 cm³/mol. The normalized spacial score (nSPS) is 16.3. The Hall–Kier alpha value is 0.299. The molecule has 0 rings (SSSR count). The summed E-state index contributed by atoms with van der Waals surface area (Å²) in [6, 6.07) is 0. The molecule has 0 saturated heterocycles. The topological polar surface area (TPSA) is 29.5 Å². The van der Waals surface area contributed by atoms with Crippen LogP contribution in [0.1, 0.15) is 86.5 Å². The summed E-state index contributed by atoms with van der Waals surface area (Å²) in [5.41, 5.74) is 0. The Labute approximate surface area is 156 Å². The molecule has 3 heteroatoms. The fourth-order valence-corrected chi connectivity index (χ4v) is 20.2. The standard InChI is InChI=1S/C9H17O2.3C4H9.Sn/c1-4-5-6-11-9(3)7-8(2)10;3*1-3-4-2;/h4-6,8-10H,7H2,1-3H3;3*1,3-4H2,2H3;/b6-5+;;;;/t8-,9-;;;;/m1..../s1. The molecule has 0 aromatic rings. The van der Waals surface area contributed by atoms with Crippen LogP contribution in [0.4, 0.5) is 0 Å². The third-order valence-corrected chi connectivity index (χ3v) is 23.0. The van der Waals surface area contributed by atoms with Gasteiger partial charge in [0.1, 0.15) is 0 Å². The van der Waals surface area contributed by atoms with E-state index in [1.807, 2.05) is 20.1 Å². The van der Waals surface area contributed by atoms with E-state index in [1.165, 1.54) is 38.5 Å². The van der Waals surface area contributed by atoms with Crippen molar-refractivity contribution in [2.24, 2.45) is 0 Å². The van der Waals surface area contributed by atoms with Crippen molar-refractivity contribution < 1.29 is 9.84 Å². The van der Waals surface area contributed by atoms with Crippen molar-refractivity contribution in [3.05, 3.63) is 12.3 Å². The molecule has 0 fully saturated rings. The van der Waals surface area contributed by atoms with Gasteiger partial charge in [0.15, 0.2) is 0 Å². The molecule has 0 aliphatic carbocycles. The number of aliphatic hydroxyl groups excluding tert-OH is 1. The van der Waals surface area contributed by atoms with E-state index in [9.17, 15) is 5.11 Å². The number of hydrogen-bond acceptors (Lipinski definition) is 2. The Balaban J connectivity index is 4.92. The molecule has 0 aliphatic rings. The summed E-state index contributed by atoms with van der Waals surface area (Å²) < 4.78 is 11.2. The molecule has 3 atom stereocenters. The van der Waals surface area contributed by atoms with E-state index in [0.717, 1.165) is 3.93 Å². The summed E-state index contributed by atoms with van der Waals surface area (Å²) in [4.78, 5) is 0. The maximum absolute atomic E-state index is 9.46. The van der Waals surface area contributed by atoms with Gasteiger partial charge in [-0.25, -0.2) is 0 Å². The molecule has 0 saturated carbocycles. The number of hydrogen-bond donors (Lipinski definition) is 1. The second-order valence-electron chi connectivity index (χ2n) is 7.82. The van der Waals surface area contributed by atoms with Gasteiger partial charge in [-0.3, -0.25) is 0 Å². The molecule has 144 valence electrons. The molecule has 0 heterocycles. The fourth-order valence-electron chi connectivity index (χ4n) is 3.68. The number of ether oxygens (including phenoxy) is 1. The van der Waals surface area contributed by atoms with Crippen LogP contribution >= 0.6 is 0 Å². The maximum atomic E-state index is 9.46. The number of unbranched alkanes of at least 4 members (excludes halogenated alkanes) is 3. The van der Waals surface area contributed by atoms with Gasteiger partial charge >= 0.3 is 156 Å². The Kier molecular flexibility index (Phi) is 14.6. The Morgan fingerprint density at radius 1 is 0.875 bits per heavy atom. The second kappa shape index (κ2) is 14.5. The van der Waals surface area contributed by atoms with Crippen molar-refractivity contribution in [2.75, 3.05) is 0 Å². The van der Waals surface area contributed by atoms with Crippen LogP contribution in [0.3, 0.4) is 0 Å². The van der Waals surface area contributed by atoms with Crippen LogP contribution in [-0.2, 0) is 4.74 Å². The minimum absolute atomic E-state index is 0.0972. The Morgan fingerprint density at radius 3 is 1.71 bits per heavy atom. The Bertz CT molecular complexity index is 293. The van der Waals surface area contributed by atoms with Crippen molar-refractivity contribution in [1.29, 1.82) is 0 Å². The van der Waals surface area contributed by atoms with Gasteiger partial charge in [-0.2, -0.15) is 0 Å². The van der Waals surface area contributed by atoms with E-state index in [2.05, 4.69) is 33.8 Å². The molecule has 0 aromatic heterocycles. The molecule has 1 unspecified atom stereocenters. The number of allylic oxidation sites excluding steroid dienone is 1. The van der Waals surface area contributed by atoms with Gasteiger partial charge in [-0.15, -0.1) is 0 Å². The van der Waals surface area contributed by atoms with Gasteiger partial charge in [-0.05, 0) is 0 Å². The van der Waals surface area contributed by atoms with Crippen molar-refractivity contribution in [3.8, 4) is 0 Å². The quantitative estimate of drug-likeness (QED) is 0.218. The average molecular weight is 447 g/mol. The monoisotopic (exact) mass is 448 g/mol. The zero-order valence-electron chi connectivity index (χ0n) is 17.3.